The van der Waals surface area contributed by atoms with Crippen molar-refractivity contribution in [3.8, 4) is 11.6 Å². The van der Waals surface area contributed by atoms with Gasteiger partial charge in [0.25, 0.3) is 0 Å². The first-order valence-electron chi connectivity index (χ1n) is 8.08. The number of rotatable bonds is 6. The number of amides is 1. The number of aryl methyl sites for hydroxylation is 1. The van der Waals surface area contributed by atoms with E-state index in [2.05, 4.69) is 15.4 Å². The Kier molecular flexibility index (Phi) is 5.09. The van der Waals surface area contributed by atoms with Crippen molar-refractivity contribution in [3.05, 3.63) is 66.1 Å². The summed E-state index contributed by atoms with van der Waals surface area (Å²) in [7, 11) is 0. The third kappa shape index (κ3) is 4.23. The molecule has 2 heterocycles. The molecule has 3 rings (SSSR count). The standard InChI is InChI=1S/C19H20N4O2/c1-14-5-3-6-17(15(14)2)25-12-9-19(24)22-16-7-8-18(20-13-16)23-11-4-10-21-23/h3-8,10-11,13H,9,12H2,1-2H3,(H,22,24). The predicted molar refractivity (Wildman–Crippen MR) is 96.0 cm³/mol. The number of anilines is 1. The Labute approximate surface area is 146 Å². The zero-order valence-corrected chi connectivity index (χ0v) is 14.3. The molecule has 1 amide bonds. The summed E-state index contributed by atoms with van der Waals surface area (Å²) in [5.41, 5.74) is 2.92. The Hall–Kier alpha value is -3.15. The summed E-state index contributed by atoms with van der Waals surface area (Å²) < 4.78 is 7.36. The quantitative estimate of drug-likeness (QED) is 0.750. The molecule has 0 fully saturated rings. The Balaban J connectivity index is 1.50. The van der Waals surface area contributed by atoms with Gasteiger partial charge in [0.15, 0.2) is 5.82 Å². The van der Waals surface area contributed by atoms with Gasteiger partial charge in [0.1, 0.15) is 5.75 Å². The molecule has 0 aliphatic rings. The van der Waals surface area contributed by atoms with E-state index in [0.29, 0.717) is 18.1 Å². The van der Waals surface area contributed by atoms with Crippen LogP contribution in [0.4, 0.5) is 5.69 Å². The summed E-state index contributed by atoms with van der Waals surface area (Å²) in [4.78, 5) is 16.3. The molecular weight excluding hydrogens is 316 g/mol. The van der Waals surface area contributed by atoms with Gasteiger partial charge in [-0.2, -0.15) is 5.10 Å². The first kappa shape index (κ1) is 16.7. The molecular formula is C19H20N4O2. The summed E-state index contributed by atoms with van der Waals surface area (Å²) in [5.74, 6) is 1.40. The summed E-state index contributed by atoms with van der Waals surface area (Å²) in [6.07, 6.45) is 5.38. The topological polar surface area (TPSA) is 69.0 Å². The van der Waals surface area contributed by atoms with E-state index in [1.54, 1.807) is 29.2 Å². The van der Waals surface area contributed by atoms with Crippen LogP contribution in [0.25, 0.3) is 5.82 Å². The lowest BCUT2D eigenvalue weighted by Gasteiger charge is -2.11. The van der Waals surface area contributed by atoms with E-state index >= 15 is 0 Å². The molecule has 0 spiro atoms. The van der Waals surface area contributed by atoms with E-state index in [1.165, 1.54) is 5.56 Å². The Morgan fingerprint density at radius 1 is 1.20 bits per heavy atom. The van der Waals surface area contributed by atoms with Gasteiger partial charge in [-0.05, 0) is 49.2 Å². The van der Waals surface area contributed by atoms with Crippen LogP contribution in [0.1, 0.15) is 17.5 Å². The highest BCUT2D eigenvalue weighted by Gasteiger charge is 2.06. The number of carbonyl (C=O) groups is 1. The molecule has 0 radical (unpaired) electrons. The summed E-state index contributed by atoms with van der Waals surface area (Å²) >= 11 is 0. The van der Waals surface area contributed by atoms with Crippen LogP contribution in [0.15, 0.2) is 55.0 Å². The first-order valence-corrected chi connectivity index (χ1v) is 8.08. The van der Waals surface area contributed by atoms with Crippen LogP contribution in [0, 0.1) is 13.8 Å². The van der Waals surface area contributed by atoms with Crippen molar-refractivity contribution in [2.45, 2.75) is 20.3 Å². The molecule has 3 aromatic rings. The molecule has 0 saturated heterocycles. The summed E-state index contributed by atoms with van der Waals surface area (Å²) in [5, 5.41) is 6.93. The zero-order chi connectivity index (χ0) is 17.6. The number of aromatic nitrogens is 3. The number of ether oxygens (including phenoxy) is 1. The Morgan fingerprint density at radius 2 is 2.08 bits per heavy atom. The summed E-state index contributed by atoms with van der Waals surface area (Å²) in [6.45, 7) is 4.38. The van der Waals surface area contributed by atoms with Gasteiger partial charge in [-0.25, -0.2) is 9.67 Å². The fourth-order valence-corrected chi connectivity index (χ4v) is 2.36. The second kappa shape index (κ2) is 7.61. The average molecular weight is 336 g/mol. The van der Waals surface area contributed by atoms with Gasteiger partial charge in [-0.3, -0.25) is 4.79 Å². The molecule has 6 nitrogen and oxygen atoms in total. The van der Waals surface area contributed by atoms with E-state index in [0.717, 1.165) is 11.3 Å². The number of benzene rings is 1. The molecule has 128 valence electrons. The smallest absolute Gasteiger partial charge is 0.227 e. The second-order valence-electron chi connectivity index (χ2n) is 5.70. The maximum Gasteiger partial charge on any atom is 0.227 e. The number of pyridine rings is 1. The van der Waals surface area contributed by atoms with Crippen LogP contribution < -0.4 is 10.1 Å². The third-order valence-corrected chi connectivity index (χ3v) is 3.91. The molecule has 1 N–H and O–H groups in total. The second-order valence-corrected chi connectivity index (χ2v) is 5.70. The van der Waals surface area contributed by atoms with Crippen LogP contribution in [-0.2, 0) is 4.79 Å². The van der Waals surface area contributed by atoms with Crippen LogP contribution in [0.5, 0.6) is 5.75 Å². The van der Waals surface area contributed by atoms with Crippen LogP contribution in [0.3, 0.4) is 0 Å². The number of nitrogens with one attached hydrogen (secondary N) is 1. The molecule has 0 saturated carbocycles. The molecule has 0 unspecified atom stereocenters. The van der Waals surface area contributed by atoms with Crippen molar-refractivity contribution < 1.29 is 9.53 Å². The predicted octanol–water partition coefficient (Wildman–Crippen LogP) is 3.29. The Bertz CT molecular complexity index is 842. The molecule has 6 heteroatoms. The minimum Gasteiger partial charge on any atom is -0.493 e. The lowest BCUT2D eigenvalue weighted by molar-refractivity contribution is -0.116. The Morgan fingerprint density at radius 3 is 2.80 bits per heavy atom. The van der Waals surface area contributed by atoms with Crippen molar-refractivity contribution in [1.82, 2.24) is 14.8 Å². The minimum absolute atomic E-state index is 0.112. The highest BCUT2D eigenvalue weighted by molar-refractivity contribution is 5.90. The lowest BCUT2D eigenvalue weighted by atomic mass is 10.1. The van der Waals surface area contributed by atoms with Gasteiger partial charge in [0, 0.05) is 12.4 Å². The monoisotopic (exact) mass is 336 g/mol. The molecule has 2 aromatic heterocycles. The molecule has 0 aliphatic carbocycles. The normalized spacial score (nSPS) is 10.5. The molecule has 0 atom stereocenters. The number of hydrogen-bond acceptors (Lipinski definition) is 4. The first-order chi connectivity index (χ1) is 12.1. The van der Waals surface area contributed by atoms with Gasteiger partial charge in [-0.15, -0.1) is 0 Å². The minimum atomic E-state index is -0.112. The lowest BCUT2D eigenvalue weighted by Crippen LogP contribution is -2.15. The largest absolute Gasteiger partial charge is 0.493 e. The van der Waals surface area contributed by atoms with E-state index in [9.17, 15) is 4.79 Å². The number of carbonyl (C=O) groups excluding carboxylic acids is 1. The summed E-state index contributed by atoms with van der Waals surface area (Å²) in [6, 6.07) is 11.3. The van der Waals surface area contributed by atoms with Crippen LogP contribution in [0.2, 0.25) is 0 Å². The molecule has 0 bridgehead atoms. The van der Waals surface area contributed by atoms with Gasteiger partial charge >= 0.3 is 0 Å². The molecule has 25 heavy (non-hydrogen) atoms. The van der Waals surface area contributed by atoms with Gasteiger partial charge < -0.3 is 10.1 Å². The van der Waals surface area contributed by atoms with Gasteiger partial charge in [0.05, 0.1) is 24.9 Å². The van der Waals surface area contributed by atoms with Gasteiger partial charge in [-0.1, -0.05) is 12.1 Å². The van der Waals surface area contributed by atoms with Crippen molar-refractivity contribution in [2.24, 2.45) is 0 Å². The van der Waals surface area contributed by atoms with Crippen molar-refractivity contribution >= 4 is 11.6 Å². The maximum atomic E-state index is 12.0. The van der Waals surface area contributed by atoms with Crippen molar-refractivity contribution in [1.29, 1.82) is 0 Å². The van der Waals surface area contributed by atoms with E-state index in [1.807, 2.05) is 44.3 Å². The highest BCUT2D eigenvalue weighted by Crippen LogP contribution is 2.20. The van der Waals surface area contributed by atoms with Crippen molar-refractivity contribution in [3.63, 3.8) is 0 Å². The van der Waals surface area contributed by atoms with Crippen LogP contribution in [-0.4, -0.2) is 27.3 Å². The fourth-order valence-electron chi connectivity index (χ4n) is 2.36. The van der Waals surface area contributed by atoms with E-state index in [4.69, 9.17) is 4.74 Å². The number of hydrogen-bond donors (Lipinski definition) is 1. The average Bonchev–Trinajstić information content (AvgIpc) is 3.14. The third-order valence-electron chi connectivity index (χ3n) is 3.91. The maximum absolute atomic E-state index is 12.0. The van der Waals surface area contributed by atoms with Crippen LogP contribution >= 0.6 is 0 Å². The van der Waals surface area contributed by atoms with Gasteiger partial charge in [0.2, 0.25) is 5.91 Å². The van der Waals surface area contributed by atoms with E-state index < -0.39 is 0 Å². The molecule has 1 aromatic carbocycles. The fraction of sp³-hybridized carbons (Fsp3) is 0.211. The zero-order valence-electron chi connectivity index (χ0n) is 14.3. The highest BCUT2D eigenvalue weighted by atomic mass is 16.5. The SMILES string of the molecule is Cc1cccc(OCCC(=O)Nc2ccc(-n3cccn3)nc2)c1C. The number of nitrogens with zero attached hydrogens (tertiary/aromatic N) is 3. The van der Waals surface area contributed by atoms with Crippen molar-refractivity contribution in [2.75, 3.05) is 11.9 Å². The van der Waals surface area contributed by atoms with E-state index in [-0.39, 0.29) is 12.3 Å². The molecule has 0 aliphatic heterocycles.